The quantitative estimate of drug-likeness (QED) is 0.589. The Labute approximate surface area is 160 Å². The van der Waals surface area contributed by atoms with E-state index in [0.717, 1.165) is 38.8 Å². The SMILES string of the molecule is CCCCn1c(N)c(N(CC(C)C)C(=O)C[NH+]2CCCCC2)c(=O)[nH]c1=O. The predicted octanol–water partition coefficient (Wildman–Crippen LogP) is -0.0233. The van der Waals surface area contributed by atoms with Crippen molar-refractivity contribution in [3.63, 3.8) is 0 Å². The minimum atomic E-state index is -0.590. The third-order valence-electron chi connectivity index (χ3n) is 5.03. The third kappa shape index (κ3) is 5.45. The number of amides is 1. The fourth-order valence-corrected chi connectivity index (χ4v) is 3.60. The summed E-state index contributed by atoms with van der Waals surface area (Å²) in [5.41, 5.74) is 5.22. The fraction of sp³-hybridized carbons (Fsp3) is 0.737. The van der Waals surface area contributed by atoms with Crippen LogP contribution in [0.25, 0.3) is 0 Å². The van der Waals surface area contributed by atoms with Crippen molar-refractivity contribution >= 4 is 17.4 Å². The molecule has 2 rings (SSSR count). The first-order valence-electron chi connectivity index (χ1n) is 10.1. The zero-order valence-corrected chi connectivity index (χ0v) is 16.8. The summed E-state index contributed by atoms with van der Waals surface area (Å²) in [7, 11) is 0. The van der Waals surface area contributed by atoms with Crippen LogP contribution in [0.1, 0.15) is 52.9 Å². The summed E-state index contributed by atoms with van der Waals surface area (Å²) in [5, 5.41) is 0. The number of piperidine rings is 1. The first-order chi connectivity index (χ1) is 12.8. The maximum atomic E-state index is 13.1. The van der Waals surface area contributed by atoms with E-state index in [2.05, 4.69) is 4.98 Å². The zero-order valence-electron chi connectivity index (χ0n) is 16.8. The number of aromatic nitrogens is 2. The molecule has 27 heavy (non-hydrogen) atoms. The largest absolute Gasteiger partial charge is 0.383 e. The van der Waals surface area contributed by atoms with Gasteiger partial charge in [-0.2, -0.15) is 0 Å². The zero-order chi connectivity index (χ0) is 20.0. The Morgan fingerprint density at radius 1 is 1.26 bits per heavy atom. The Hall–Kier alpha value is -2.09. The highest BCUT2D eigenvalue weighted by molar-refractivity contribution is 5.96. The van der Waals surface area contributed by atoms with Crippen molar-refractivity contribution in [3.05, 3.63) is 20.8 Å². The molecule has 1 amide bonds. The first kappa shape index (κ1) is 21.2. The van der Waals surface area contributed by atoms with Crippen LogP contribution in [0.2, 0.25) is 0 Å². The molecule has 152 valence electrons. The summed E-state index contributed by atoms with van der Waals surface area (Å²) in [6.45, 7) is 9.12. The molecule has 4 N–H and O–H groups in total. The van der Waals surface area contributed by atoms with Gasteiger partial charge in [0.2, 0.25) is 0 Å². The van der Waals surface area contributed by atoms with Gasteiger partial charge in [-0.05, 0) is 31.6 Å². The third-order valence-corrected chi connectivity index (χ3v) is 5.03. The van der Waals surface area contributed by atoms with Gasteiger partial charge in [0.15, 0.2) is 12.2 Å². The van der Waals surface area contributed by atoms with Gasteiger partial charge in [-0.3, -0.25) is 24.0 Å². The predicted molar refractivity (Wildman–Crippen MR) is 107 cm³/mol. The second-order valence-electron chi connectivity index (χ2n) is 7.88. The number of hydrogen-bond acceptors (Lipinski definition) is 4. The van der Waals surface area contributed by atoms with Crippen molar-refractivity contribution in [2.75, 3.05) is 36.8 Å². The standard InChI is InChI=1S/C19H33N5O3/c1-4-5-11-23-17(20)16(18(26)21-19(23)27)24(12-14(2)3)15(25)13-22-9-7-6-8-10-22/h14H,4-13,20H2,1-3H3,(H,21,26,27)/p+1. The minimum absolute atomic E-state index is 0.0832. The highest BCUT2D eigenvalue weighted by Gasteiger charge is 2.28. The van der Waals surface area contributed by atoms with Crippen LogP contribution in [0, 0.1) is 5.92 Å². The number of unbranched alkanes of at least 4 members (excludes halogenated alkanes) is 1. The number of nitrogen functional groups attached to an aromatic ring is 1. The van der Waals surface area contributed by atoms with E-state index in [1.165, 1.54) is 20.8 Å². The molecule has 0 atom stereocenters. The molecule has 0 bridgehead atoms. The normalized spacial score (nSPS) is 15.3. The summed E-state index contributed by atoms with van der Waals surface area (Å²) in [6.07, 6.45) is 5.12. The topological polar surface area (TPSA) is 106 Å². The van der Waals surface area contributed by atoms with E-state index in [9.17, 15) is 14.4 Å². The smallest absolute Gasteiger partial charge is 0.330 e. The molecule has 0 aromatic carbocycles. The molecular weight excluding hydrogens is 346 g/mol. The van der Waals surface area contributed by atoms with E-state index in [4.69, 9.17) is 5.73 Å². The number of rotatable bonds is 8. The van der Waals surface area contributed by atoms with Crippen LogP contribution in [0.3, 0.4) is 0 Å². The monoisotopic (exact) mass is 380 g/mol. The van der Waals surface area contributed by atoms with Gasteiger partial charge in [0, 0.05) is 13.1 Å². The van der Waals surface area contributed by atoms with Crippen LogP contribution in [-0.4, -0.2) is 41.6 Å². The lowest BCUT2D eigenvalue weighted by Gasteiger charge is -2.29. The number of carbonyl (C=O) groups is 1. The molecule has 1 aromatic rings. The van der Waals surface area contributed by atoms with Gasteiger partial charge in [-0.1, -0.05) is 27.2 Å². The number of anilines is 2. The van der Waals surface area contributed by atoms with E-state index in [0.29, 0.717) is 19.6 Å². The van der Waals surface area contributed by atoms with Crippen LogP contribution >= 0.6 is 0 Å². The number of H-pyrrole nitrogens is 1. The van der Waals surface area contributed by atoms with Crippen LogP contribution < -0.4 is 26.8 Å². The van der Waals surface area contributed by atoms with Gasteiger partial charge >= 0.3 is 5.69 Å². The minimum Gasteiger partial charge on any atom is -0.383 e. The van der Waals surface area contributed by atoms with Crippen LogP contribution in [0.5, 0.6) is 0 Å². The van der Waals surface area contributed by atoms with E-state index in [1.807, 2.05) is 20.8 Å². The second-order valence-corrected chi connectivity index (χ2v) is 7.88. The molecule has 8 heteroatoms. The number of likely N-dealkylation sites (tertiary alicyclic amines) is 1. The lowest BCUT2D eigenvalue weighted by atomic mass is 10.1. The van der Waals surface area contributed by atoms with E-state index in [1.54, 1.807) is 0 Å². The van der Waals surface area contributed by atoms with Crippen molar-refractivity contribution in [2.24, 2.45) is 5.92 Å². The average Bonchev–Trinajstić information content (AvgIpc) is 2.61. The average molecular weight is 381 g/mol. The van der Waals surface area contributed by atoms with Crippen molar-refractivity contribution in [1.82, 2.24) is 9.55 Å². The van der Waals surface area contributed by atoms with Gasteiger partial charge in [0.1, 0.15) is 5.82 Å². The van der Waals surface area contributed by atoms with E-state index >= 15 is 0 Å². The Bertz CT molecular complexity index is 747. The van der Waals surface area contributed by atoms with Gasteiger partial charge in [0.25, 0.3) is 11.5 Å². The number of quaternary nitrogens is 1. The van der Waals surface area contributed by atoms with Crippen molar-refractivity contribution < 1.29 is 9.69 Å². The fourth-order valence-electron chi connectivity index (χ4n) is 3.60. The van der Waals surface area contributed by atoms with Crippen molar-refractivity contribution in [1.29, 1.82) is 0 Å². The molecule has 0 spiro atoms. The second kappa shape index (κ2) is 9.73. The Balaban J connectivity index is 2.38. The molecule has 0 aliphatic carbocycles. The molecule has 0 saturated carbocycles. The number of aromatic amines is 1. The van der Waals surface area contributed by atoms with Gasteiger partial charge < -0.3 is 10.6 Å². The van der Waals surface area contributed by atoms with Crippen LogP contribution in [-0.2, 0) is 11.3 Å². The molecule has 8 nitrogen and oxygen atoms in total. The summed E-state index contributed by atoms with van der Waals surface area (Å²) in [6, 6.07) is 0. The Kier molecular flexibility index (Phi) is 7.65. The number of carbonyl (C=O) groups excluding carboxylic acids is 1. The van der Waals surface area contributed by atoms with Crippen LogP contribution in [0.15, 0.2) is 9.59 Å². The van der Waals surface area contributed by atoms with E-state index in [-0.39, 0.29) is 23.3 Å². The number of nitrogens with zero attached hydrogens (tertiary/aromatic N) is 2. The lowest BCUT2D eigenvalue weighted by molar-refractivity contribution is -0.896. The molecule has 1 fully saturated rings. The van der Waals surface area contributed by atoms with Crippen molar-refractivity contribution in [2.45, 2.75) is 59.4 Å². The van der Waals surface area contributed by atoms with Crippen LogP contribution in [0.4, 0.5) is 11.5 Å². The molecule has 2 heterocycles. The number of nitrogens with one attached hydrogen (secondary N) is 2. The van der Waals surface area contributed by atoms with Gasteiger partial charge in [-0.25, -0.2) is 4.79 Å². The first-order valence-corrected chi connectivity index (χ1v) is 10.1. The summed E-state index contributed by atoms with van der Waals surface area (Å²) in [4.78, 5) is 42.9. The molecule has 1 aliphatic rings. The van der Waals surface area contributed by atoms with Crippen molar-refractivity contribution in [3.8, 4) is 0 Å². The summed E-state index contributed by atoms with van der Waals surface area (Å²) >= 11 is 0. The molecular formula is C19H34N5O3+. The number of hydrogen-bond donors (Lipinski definition) is 3. The highest BCUT2D eigenvalue weighted by Crippen LogP contribution is 2.18. The highest BCUT2D eigenvalue weighted by atomic mass is 16.2. The lowest BCUT2D eigenvalue weighted by Crippen LogP contribution is -3.14. The molecule has 0 radical (unpaired) electrons. The molecule has 1 aliphatic heterocycles. The summed E-state index contributed by atoms with van der Waals surface area (Å²) < 4.78 is 1.37. The number of nitrogens with two attached hydrogens (primary N) is 1. The molecule has 1 saturated heterocycles. The Morgan fingerprint density at radius 2 is 1.93 bits per heavy atom. The molecule has 1 aromatic heterocycles. The Morgan fingerprint density at radius 3 is 2.52 bits per heavy atom. The van der Waals surface area contributed by atoms with Gasteiger partial charge in [0.05, 0.1) is 13.1 Å². The van der Waals surface area contributed by atoms with E-state index < -0.39 is 11.2 Å². The van der Waals surface area contributed by atoms with Gasteiger partial charge in [-0.15, -0.1) is 0 Å². The maximum absolute atomic E-state index is 13.1. The summed E-state index contributed by atoms with van der Waals surface area (Å²) in [5.74, 6) is 0.137. The molecule has 0 unspecified atom stereocenters. The maximum Gasteiger partial charge on any atom is 0.330 e.